The molecular weight excluding hydrogens is 200 g/mol. The van der Waals surface area contributed by atoms with Gasteiger partial charge in [0.15, 0.2) is 0 Å². The largest absolute Gasteiger partial charge is 0.393 e. The highest BCUT2D eigenvalue weighted by Gasteiger charge is 2.29. The first-order valence-corrected chi connectivity index (χ1v) is 4.83. The van der Waals surface area contributed by atoms with Crippen LogP contribution in [-0.2, 0) is 0 Å². The summed E-state index contributed by atoms with van der Waals surface area (Å²) in [5.41, 5.74) is -1.16. The molecule has 0 aromatic rings. The maximum Gasteiger partial charge on any atom is 0.111 e. The molecule has 0 aliphatic carbocycles. The molecule has 15 heavy (non-hydrogen) atoms. The van der Waals surface area contributed by atoms with Crippen LogP contribution in [-0.4, -0.2) is 56.6 Å². The summed E-state index contributed by atoms with van der Waals surface area (Å²) in [6, 6.07) is 0. The summed E-state index contributed by atoms with van der Waals surface area (Å²) < 4.78 is 0. The number of rotatable bonds is 7. The fourth-order valence-electron chi connectivity index (χ4n) is 1.03. The Morgan fingerprint density at radius 3 is 2.27 bits per heavy atom. The van der Waals surface area contributed by atoms with Gasteiger partial charge in [0.2, 0.25) is 0 Å². The Balaban J connectivity index is 4.01. The van der Waals surface area contributed by atoms with E-state index in [-0.39, 0.29) is 12.8 Å². The Hall–Kier alpha value is -0.460. The van der Waals surface area contributed by atoms with Crippen LogP contribution in [0, 0.1) is 0 Å². The van der Waals surface area contributed by atoms with E-state index in [1.807, 2.05) is 0 Å². The lowest BCUT2D eigenvalue weighted by molar-refractivity contribution is -0.0946. The normalized spacial score (nSPS) is 19.3. The van der Waals surface area contributed by atoms with Crippen LogP contribution in [0.25, 0.3) is 0 Å². The summed E-state index contributed by atoms with van der Waals surface area (Å²) in [7, 11) is 0. The first kappa shape index (κ1) is 14.5. The Labute approximate surface area is 89.3 Å². The molecule has 0 heterocycles. The summed E-state index contributed by atoms with van der Waals surface area (Å²) in [5, 5.41) is 45.5. The standard InChI is InChI=1S/C10H20O5/c1-7(8(13)5-11)3-4-9(14)10(2,15)6-12/h8-9,11-15H,1,3-6H2,2H3/t8?,9-,10+/m0/s1. The van der Waals surface area contributed by atoms with Crippen molar-refractivity contribution < 1.29 is 25.5 Å². The Kier molecular flexibility index (Phi) is 6.00. The van der Waals surface area contributed by atoms with Gasteiger partial charge in [0.1, 0.15) is 5.60 Å². The smallest absolute Gasteiger partial charge is 0.111 e. The van der Waals surface area contributed by atoms with Gasteiger partial charge in [0, 0.05) is 0 Å². The number of aliphatic hydroxyl groups excluding tert-OH is 4. The maximum absolute atomic E-state index is 9.49. The van der Waals surface area contributed by atoms with Crippen LogP contribution in [0.2, 0.25) is 0 Å². The molecule has 5 N–H and O–H groups in total. The van der Waals surface area contributed by atoms with Crippen molar-refractivity contribution in [2.45, 2.75) is 37.6 Å². The number of hydrogen-bond acceptors (Lipinski definition) is 5. The van der Waals surface area contributed by atoms with Crippen LogP contribution in [0.4, 0.5) is 0 Å². The minimum Gasteiger partial charge on any atom is -0.393 e. The topological polar surface area (TPSA) is 101 Å². The molecule has 0 saturated carbocycles. The van der Waals surface area contributed by atoms with Crippen LogP contribution >= 0.6 is 0 Å². The molecule has 3 atom stereocenters. The zero-order chi connectivity index (χ0) is 12.1. The molecule has 0 bridgehead atoms. The fourth-order valence-corrected chi connectivity index (χ4v) is 1.03. The summed E-state index contributed by atoms with van der Waals surface area (Å²) in [5.74, 6) is 0. The van der Waals surface area contributed by atoms with Crippen LogP contribution in [0.5, 0.6) is 0 Å². The lowest BCUT2D eigenvalue weighted by atomic mass is 9.93. The lowest BCUT2D eigenvalue weighted by Crippen LogP contribution is -2.42. The highest BCUT2D eigenvalue weighted by Crippen LogP contribution is 2.17. The summed E-state index contributed by atoms with van der Waals surface area (Å²) >= 11 is 0. The van der Waals surface area contributed by atoms with Crippen LogP contribution in [0.1, 0.15) is 19.8 Å². The molecule has 90 valence electrons. The monoisotopic (exact) mass is 220 g/mol. The molecule has 0 saturated heterocycles. The van der Waals surface area contributed by atoms with Crippen molar-refractivity contribution in [3.63, 3.8) is 0 Å². The average molecular weight is 220 g/mol. The third-order valence-electron chi connectivity index (χ3n) is 2.42. The lowest BCUT2D eigenvalue weighted by Gasteiger charge is -2.27. The molecule has 5 nitrogen and oxygen atoms in total. The Morgan fingerprint density at radius 1 is 1.33 bits per heavy atom. The third kappa shape index (κ3) is 4.72. The molecule has 0 radical (unpaired) electrons. The van der Waals surface area contributed by atoms with E-state index in [0.717, 1.165) is 0 Å². The Bertz CT molecular complexity index is 202. The molecule has 0 aliphatic rings. The quantitative estimate of drug-likeness (QED) is 0.346. The first-order chi connectivity index (χ1) is 6.85. The van der Waals surface area contributed by atoms with E-state index in [0.29, 0.717) is 5.57 Å². The average Bonchev–Trinajstić information content (AvgIpc) is 2.23. The third-order valence-corrected chi connectivity index (χ3v) is 2.42. The fraction of sp³-hybridized carbons (Fsp3) is 0.800. The van der Waals surface area contributed by atoms with E-state index < -0.39 is 31.0 Å². The molecule has 0 fully saturated rings. The van der Waals surface area contributed by atoms with E-state index in [1.54, 1.807) is 0 Å². The van der Waals surface area contributed by atoms with Gasteiger partial charge in [-0.2, -0.15) is 0 Å². The maximum atomic E-state index is 9.49. The van der Waals surface area contributed by atoms with Crippen molar-refractivity contribution in [2.24, 2.45) is 0 Å². The molecule has 0 aromatic heterocycles. The van der Waals surface area contributed by atoms with Gasteiger partial charge in [0.25, 0.3) is 0 Å². The zero-order valence-electron chi connectivity index (χ0n) is 8.93. The van der Waals surface area contributed by atoms with Gasteiger partial charge in [-0.3, -0.25) is 0 Å². The first-order valence-electron chi connectivity index (χ1n) is 4.83. The molecule has 0 rings (SSSR count). The summed E-state index contributed by atoms with van der Waals surface area (Å²) in [4.78, 5) is 0. The molecule has 0 aliphatic heterocycles. The van der Waals surface area contributed by atoms with Crippen LogP contribution in [0.3, 0.4) is 0 Å². The highest BCUT2D eigenvalue weighted by atomic mass is 16.4. The second-order valence-electron chi connectivity index (χ2n) is 3.93. The summed E-state index contributed by atoms with van der Waals surface area (Å²) in [6.45, 7) is 3.91. The van der Waals surface area contributed by atoms with E-state index in [1.165, 1.54) is 6.92 Å². The van der Waals surface area contributed by atoms with Gasteiger partial charge in [0.05, 0.1) is 25.4 Å². The molecule has 0 aromatic carbocycles. The number of hydrogen-bond donors (Lipinski definition) is 5. The van der Waals surface area contributed by atoms with Gasteiger partial charge in [-0.15, -0.1) is 0 Å². The van der Waals surface area contributed by atoms with E-state index in [9.17, 15) is 10.2 Å². The van der Waals surface area contributed by atoms with Gasteiger partial charge in [-0.05, 0) is 25.3 Å². The van der Waals surface area contributed by atoms with Crippen molar-refractivity contribution in [2.75, 3.05) is 13.2 Å². The summed E-state index contributed by atoms with van der Waals surface area (Å²) in [6.07, 6.45) is -1.65. The van der Waals surface area contributed by atoms with Crippen molar-refractivity contribution in [3.05, 3.63) is 12.2 Å². The van der Waals surface area contributed by atoms with Crippen molar-refractivity contribution >= 4 is 0 Å². The van der Waals surface area contributed by atoms with Crippen molar-refractivity contribution in [1.29, 1.82) is 0 Å². The van der Waals surface area contributed by atoms with Gasteiger partial charge in [-0.1, -0.05) is 6.58 Å². The Morgan fingerprint density at radius 2 is 1.87 bits per heavy atom. The predicted molar refractivity (Wildman–Crippen MR) is 55.2 cm³/mol. The van der Waals surface area contributed by atoms with Gasteiger partial charge >= 0.3 is 0 Å². The van der Waals surface area contributed by atoms with E-state index in [4.69, 9.17) is 15.3 Å². The van der Waals surface area contributed by atoms with E-state index >= 15 is 0 Å². The number of aliphatic hydroxyl groups is 5. The minimum atomic E-state index is -1.55. The van der Waals surface area contributed by atoms with Gasteiger partial charge in [-0.25, -0.2) is 0 Å². The molecule has 0 amide bonds. The highest BCUT2D eigenvalue weighted by molar-refractivity contribution is 5.02. The predicted octanol–water partition coefficient (Wildman–Crippen LogP) is -1.22. The van der Waals surface area contributed by atoms with Crippen LogP contribution < -0.4 is 0 Å². The van der Waals surface area contributed by atoms with E-state index in [2.05, 4.69) is 6.58 Å². The van der Waals surface area contributed by atoms with Crippen LogP contribution in [0.15, 0.2) is 12.2 Å². The second-order valence-corrected chi connectivity index (χ2v) is 3.93. The molecular formula is C10H20O5. The van der Waals surface area contributed by atoms with Crippen molar-refractivity contribution in [1.82, 2.24) is 0 Å². The molecule has 5 heteroatoms. The zero-order valence-corrected chi connectivity index (χ0v) is 8.93. The van der Waals surface area contributed by atoms with Crippen molar-refractivity contribution in [3.8, 4) is 0 Å². The van der Waals surface area contributed by atoms with Gasteiger partial charge < -0.3 is 25.5 Å². The molecule has 0 spiro atoms. The second kappa shape index (κ2) is 6.19. The molecule has 1 unspecified atom stereocenters. The minimum absolute atomic E-state index is 0.170. The SMILES string of the molecule is C=C(CC[C@H](O)[C@](C)(O)CO)C(O)CO.